The number of carbonyl (C=O) groups is 3. The molecule has 3 rings (SSSR count). The minimum absolute atomic E-state index is 0.0838. The number of amides is 3. The average Bonchev–Trinajstić information content (AvgIpc) is 2.98. The number of hydrogen-bond donors (Lipinski definition) is 1. The van der Waals surface area contributed by atoms with Crippen LogP contribution in [0.5, 0.6) is 11.5 Å². The van der Waals surface area contributed by atoms with Crippen LogP contribution in [-0.2, 0) is 11.2 Å². The fraction of sp³-hybridized carbons (Fsp3) is 0.286. The summed E-state index contributed by atoms with van der Waals surface area (Å²) in [7, 11) is 1.34. The van der Waals surface area contributed by atoms with E-state index >= 15 is 0 Å². The van der Waals surface area contributed by atoms with Crippen LogP contribution in [0.15, 0.2) is 42.5 Å². The maximum Gasteiger partial charge on any atom is 0.387 e. The third kappa shape index (κ3) is 4.24. The van der Waals surface area contributed by atoms with Crippen molar-refractivity contribution in [2.24, 2.45) is 0 Å². The number of fused-ring (bicyclic) bond motifs is 1. The molecular weight excluding hydrogens is 398 g/mol. The second-order valence-corrected chi connectivity index (χ2v) is 6.61. The molecule has 1 aliphatic heterocycles. The lowest BCUT2D eigenvalue weighted by atomic mass is 10.1. The van der Waals surface area contributed by atoms with Gasteiger partial charge in [0.25, 0.3) is 11.8 Å². The number of methoxy groups -OCH3 is 1. The van der Waals surface area contributed by atoms with Gasteiger partial charge in [0.2, 0.25) is 5.91 Å². The topological polar surface area (TPSA) is 84.9 Å². The van der Waals surface area contributed by atoms with Crippen molar-refractivity contribution < 1.29 is 32.6 Å². The summed E-state index contributed by atoms with van der Waals surface area (Å²) in [6.45, 7) is -1.27. The lowest BCUT2D eigenvalue weighted by Crippen LogP contribution is -2.48. The number of ether oxygens (including phenoxy) is 2. The van der Waals surface area contributed by atoms with Crippen LogP contribution in [0, 0.1) is 0 Å². The Labute approximate surface area is 171 Å². The minimum Gasteiger partial charge on any atom is -0.493 e. The van der Waals surface area contributed by atoms with Crippen LogP contribution in [0.2, 0.25) is 0 Å². The lowest BCUT2D eigenvalue weighted by Gasteiger charge is -2.21. The molecule has 2 aromatic rings. The number of benzene rings is 2. The fourth-order valence-corrected chi connectivity index (χ4v) is 3.22. The molecule has 158 valence electrons. The van der Waals surface area contributed by atoms with Gasteiger partial charge in [0.1, 0.15) is 6.04 Å². The van der Waals surface area contributed by atoms with Crippen LogP contribution in [0.3, 0.4) is 0 Å². The SMILES string of the molecule is COc1cc(CCNC(=O)C(C)N2C(=O)c3ccccc3C2=O)ccc1OC(F)F. The summed E-state index contributed by atoms with van der Waals surface area (Å²) >= 11 is 0. The molecule has 1 heterocycles. The van der Waals surface area contributed by atoms with E-state index < -0.39 is 30.4 Å². The zero-order valence-electron chi connectivity index (χ0n) is 16.4. The number of rotatable bonds is 8. The normalized spacial score (nSPS) is 14.0. The summed E-state index contributed by atoms with van der Waals surface area (Å²) in [6, 6.07) is 9.92. The molecule has 9 heteroatoms. The third-order valence-corrected chi connectivity index (χ3v) is 4.75. The Balaban J connectivity index is 1.59. The zero-order valence-corrected chi connectivity index (χ0v) is 16.4. The summed E-state index contributed by atoms with van der Waals surface area (Å²) < 4.78 is 34.2. The lowest BCUT2D eigenvalue weighted by molar-refractivity contribution is -0.124. The van der Waals surface area contributed by atoms with Crippen molar-refractivity contribution in [3.05, 3.63) is 59.2 Å². The molecule has 3 amide bonds. The molecule has 1 unspecified atom stereocenters. The van der Waals surface area contributed by atoms with Gasteiger partial charge in [-0.1, -0.05) is 18.2 Å². The molecule has 0 bridgehead atoms. The van der Waals surface area contributed by atoms with E-state index in [2.05, 4.69) is 10.1 Å². The predicted molar refractivity (Wildman–Crippen MR) is 103 cm³/mol. The quantitative estimate of drug-likeness (QED) is 0.667. The summed E-state index contributed by atoms with van der Waals surface area (Å²) in [5.41, 5.74) is 1.28. The van der Waals surface area contributed by atoms with Crippen molar-refractivity contribution in [3.8, 4) is 11.5 Å². The van der Waals surface area contributed by atoms with Gasteiger partial charge in [0.05, 0.1) is 18.2 Å². The van der Waals surface area contributed by atoms with E-state index in [1.165, 1.54) is 26.2 Å². The van der Waals surface area contributed by atoms with Crippen molar-refractivity contribution in [3.63, 3.8) is 0 Å². The number of carbonyl (C=O) groups excluding carboxylic acids is 3. The second kappa shape index (κ2) is 8.89. The van der Waals surface area contributed by atoms with E-state index in [9.17, 15) is 23.2 Å². The Bertz CT molecular complexity index is 945. The van der Waals surface area contributed by atoms with Gasteiger partial charge in [-0.25, -0.2) is 0 Å². The molecule has 0 aliphatic carbocycles. The monoisotopic (exact) mass is 418 g/mol. The van der Waals surface area contributed by atoms with Crippen molar-refractivity contribution in [1.82, 2.24) is 10.2 Å². The molecule has 7 nitrogen and oxygen atoms in total. The van der Waals surface area contributed by atoms with E-state index in [-0.39, 0.29) is 29.2 Å². The number of nitrogens with one attached hydrogen (secondary N) is 1. The van der Waals surface area contributed by atoms with Crippen LogP contribution in [0.25, 0.3) is 0 Å². The van der Waals surface area contributed by atoms with Crippen LogP contribution in [-0.4, -0.2) is 48.9 Å². The minimum atomic E-state index is -2.97. The van der Waals surface area contributed by atoms with Crippen LogP contribution >= 0.6 is 0 Å². The summed E-state index contributed by atoms with van der Waals surface area (Å²) in [4.78, 5) is 38.4. The highest BCUT2D eigenvalue weighted by Gasteiger charge is 2.40. The highest BCUT2D eigenvalue weighted by atomic mass is 19.3. The van der Waals surface area contributed by atoms with E-state index in [4.69, 9.17) is 4.74 Å². The second-order valence-electron chi connectivity index (χ2n) is 6.61. The average molecular weight is 418 g/mol. The van der Waals surface area contributed by atoms with E-state index in [1.807, 2.05) is 0 Å². The molecule has 0 aromatic heterocycles. The first-order chi connectivity index (χ1) is 14.3. The molecule has 1 N–H and O–H groups in total. The highest BCUT2D eigenvalue weighted by molar-refractivity contribution is 6.22. The Kier molecular flexibility index (Phi) is 6.29. The number of hydrogen-bond acceptors (Lipinski definition) is 5. The first-order valence-corrected chi connectivity index (χ1v) is 9.19. The van der Waals surface area contributed by atoms with E-state index in [0.717, 1.165) is 10.5 Å². The van der Waals surface area contributed by atoms with Crippen molar-refractivity contribution >= 4 is 17.7 Å². The molecular formula is C21H20F2N2O5. The largest absolute Gasteiger partial charge is 0.493 e. The van der Waals surface area contributed by atoms with Crippen LogP contribution in [0.1, 0.15) is 33.2 Å². The first-order valence-electron chi connectivity index (χ1n) is 9.19. The Hall–Kier alpha value is -3.49. The first kappa shape index (κ1) is 21.2. The van der Waals surface area contributed by atoms with Gasteiger partial charge in [-0.05, 0) is 43.2 Å². The maximum atomic E-state index is 12.5. The van der Waals surface area contributed by atoms with Gasteiger partial charge in [0, 0.05) is 6.54 Å². The highest BCUT2D eigenvalue weighted by Crippen LogP contribution is 2.29. The summed E-state index contributed by atoms with van der Waals surface area (Å²) in [5.74, 6) is -1.41. The van der Waals surface area contributed by atoms with Gasteiger partial charge in [-0.2, -0.15) is 8.78 Å². The van der Waals surface area contributed by atoms with Crippen molar-refractivity contribution in [2.45, 2.75) is 26.0 Å². The standard InChI is InChI=1S/C21H20F2N2O5/c1-12(25-19(27)14-5-3-4-6-15(14)20(25)28)18(26)24-10-9-13-7-8-16(30-21(22)23)17(11-13)29-2/h3-8,11-12,21H,9-10H2,1-2H3,(H,24,26). The molecule has 30 heavy (non-hydrogen) atoms. The number of nitrogens with zero attached hydrogens (tertiary/aromatic N) is 1. The molecule has 0 saturated heterocycles. The molecule has 1 aliphatic rings. The Morgan fingerprint density at radius 3 is 2.27 bits per heavy atom. The smallest absolute Gasteiger partial charge is 0.387 e. The maximum absolute atomic E-state index is 12.5. The molecule has 1 atom stereocenters. The van der Waals surface area contributed by atoms with Gasteiger partial charge in [-0.3, -0.25) is 19.3 Å². The molecule has 2 aromatic carbocycles. The van der Waals surface area contributed by atoms with Gasteiger partial charge in [0.15, 0.2) is 11.5 Å². The summed E-state index contributed by atoms with van der Waals surface area (Å²) in [5, 5.41) is 2.68. The van der Waals surface area contributed by atoms with E-state index in [0.29, 0.717) is 6.42 Å². The van der Waals surface area contributed by atoms with E-state index in [1.54, 1.807) is 30.3 Å². The fourth-order valence-electron chi connectivity index (χ4n) is 3.22. The molecule has 0 fully saturated rings. The van der Waals surface area contributed by atoms with Crippen molar-refractivity contribution in [1.29, 1.82) is 0 Å². The van der Waals surface area contributed by atoms with Crippen LogP contribution in [0.4, 0.5) is 8.78 Å². The molecule has 0 radical (unpaired) electrons. The Morgan fingerprint density at radius 2 is 1.70 bits per heavy atom. The predicted octanol–water partition coefficient (Wildman–Crippen LogP) is 2.64. The zero-order chi connectivity index (χ0) is 21.8. The summed E-state index contributed by atoms with van der Waals surface area (Å²) in [6.07, 6.45) is 0.381. The third-order valence-electron chi connectivity index (χ3n) is 4.75. The number of halogens is 2. The number of alkyl halides is 2. The van der Waals surface area contributed by atoms with Gasteiger partial charge < -0.3 is 14.8 Å². The van der Waals surface area contributed by atoms with Gasteiger partial charge >= 0.3 is 6.61 Å². The Morgan fingerprint density at radius 1 is 1.07 bits per heavy atom. The molecule has 0 saturated carbocycles. The van der Waals surface area contributed by atoms with Crippen molar-refractivity contribution in [2.75, 3.05) is 13.7 Å². The number of imide groups is 1. The van der Waals surface area contributed by atoms with Gasteiger partial charge in [-0.15, -0.1) is 0 Å². The molecule has 0 spiro atoms. The van der Waals surface area contributed by atoms with Crippen LogP contribution < -0.4 is 14.8 Å².